The maximum absolute atomic E-state index is 3.78. The van der Waals surface area contributed by atoms with Crippen LogP contribution in [-0.2, 0) is 0 Å². The Labute approximate surface area is 77.8 Å². The molecular weight excluding hydrogens is 168 g/mol. The van der Waals surface area contributed by atoms with Crippen molar-refractivity contribution in [2.24, 2.45) is 4.99 Å². The second-order valence-corrected chi connectivity index (χ2v) is 3.42. The summed E-state index contributed by atoms with van der Waals surface area (Å²) in [5.74, 6) is 0. The van der Waals surface area contributed by atoms with Crippen LogP contribution in [0.25, 0.3) is 0 Å². The fraction of sp³-hybridized carbons (Fsp3) is 0.444. The molecule has 0 saturated heterocycles. The lowest BCUT2D eigenvalue weighted by Gasteiger charge is -2.14. The molecular formula is C9H14N2S. The molecule has 0 atom stereocenters. The summed E-state index contributed by atoms with van der Waals surface area (Å²) in [7, 11) is 0. The Morgan fingerprint density at radius 3 is 3.17 bits per heavy atom. The Kier molecular flexibility index (Phi) is 4.11. The monoisotopic (exact) mass is 182 g/mol. The number of hydrogen-bond donors (Lipinski definition) is 1. The first kappa shape index (κ1) is 9.55. The van der Waals surface area contributed by atoms with E-state index in [1.165, 1.54) is 10.5 Å². The highest BCUT2D eigenvalue weighted by Crippen LogP contribution is 2.22. The van der Waals surface area contributed by atoms with Crippen LogP contribution in [0.2, 0.25) is 0 Å². The van der Waals surface area contributed by atoms with E-state index in [-0.39, 0.29) is 0 Å². The fourth-order valence-corrected chi connectivity index (χ4v) is 1.78. The molecule has 1 aliphatic heterocycles. The standard InChI is InChI=1S/C9H14N2S/c1-10-7-9(12-2)8-4-3-5-11-6-8/h4,7,11H,1,3,5-6H2,2H3/b9-7-. The van der Waals surface area contributed by atoms with Crippen molar-refractivity contribution in [2.45, 2.75) is 6.42 Å². The molecule has 12 heavy (non-hydrogen) atoms. The molecule has 0 saturated carbocycles. The smallest absolute Gasteiger partial charge is 0.0399 e. The highest BCUT2D eigenvalue weighted by molar-refractivity contribution is 8.02. The molecule has 3 heteroatoms. The van der Waals surface area contributed by atoms with Crippen LogP contribution in [0.1, 0.15) is 6.42 Å². The molecule has 0 fully saturated rings. The first-order valence-electron chi connectivity index (χ1n) is 3.98. The van der Waals surface area contributed by atoms with E-state index >= 15 is 0 Å². The average molecular weight is 182 g/mol. The second-order valence-electron chi connectivity index (χ2n) is 2.57. The van der Waals surface area contributed by atoms with Crippen molar-refractivity contribution in [3.63, 3.8) is 0 Å². The molecule has 0 aromatic carbocycles. The third kappa shape index (κ3) is 2.50. The molecule has 0 bridgehead atoms. The molecule has 1 heterocycles. The van der Waals surface area contributed by atoms with Crippen molar-refractivity contribution >= 4 is 18.5 Å². The van der Waals surface area contributed by atoms with Crippen LogP contribution in [0.3, 0.4) is 0 Å². The van der Waals surface area contributed by atoms with Crippen LogP contribution >= 0.6 is 11.8 Å². The lowest BCUT2D eigenvalue weighted by atomic mass is 10.1. The molecule has 1 rings (SSSR count). The third-order valence-corrected chi connectivity index (χ3v) is 2.58. The van der Waals surface area contributed by atoms with Gasteiger partial charge in [-0.05, 0) is 31.5 Å². The maximum atomic E-state index is 3.78. The lowest BCUT2D eigenvalue weighted by Crippen LogP contribution is -2.22. The van der Waals surface area contributed by atoms with Crippen molar-refractivity contribution in [1.29, 1.82) is 0 Å². The molecule has 1 aliphatic rings. The zero-order valence-corrected chi connectivity index (χ0v) is 8.16. The van der Waals surface area contributed by atoms with E-state index in [0.29, 0.717) is 0 Å². The highest BCUT2D eigenvalue weighted by Gasteiger charge is 2.06. The number of nitrogens with one attached hydrogen (secondary N) is 1. The third-order valence-electron chi connectivity index (χ3n) is 1.77. The van der Waals surface area contributed by atoms with Crippen molar-refractivity contribution < 1.29 is 0 Å². The van der Waals surface area contributed by atoms with Gasteiger partial charge in [-0.3, -0.25) is 4.99 Å². The van der Waals surface area contributed by atoms with E-state index in [1.807, 2.05) is 6.20 Å². The Bertz CT molecular complexity index is 219. The van der Waals surface area contributed by atoms with Gasteiger partial charge in [0.05, 0.1) is 0 Å². The van der Waals surface area contributed by atoms with Gasteiger partial charge in [-0.25, -0.2) is 0 Å². The van der Waals surface area contributed by atoms with Crippen molar-refractivity contribution in [3.8, 4) is 0 Å². The summed E-state index contributed by atoms with van der Waals surface area (Å²) in [6.45, 7) is 5.51. The summed E-state index contributed by atoms with van der Waals surface area (Å²) in [5, 5.41) is 3.32. The van der Waals surface area contributed by atoms with Gasteiger partial charge in [0.25, 0.3) is 0 Å². The van der Waals surface area contributed by atoms with Crippen molar-refractivity contribution in [2.75, 3.05) is 19.3 Å². The SMILES string of the molecule is C=N/C=C(\SC)C1=CCCNC1. The van der Waals surface area contributed by atoms with Gasteiger partial charge in [-0.15, -0.1) is 11.8 Å². The van der Waals surface area contributed by atoms with Crippen LogP contribution in [0.15, 0.2) is 27.7 Å². The van der Waals surface area contributed by atoms with Gasteiger partial charge in [0.2, 0.25) is 0 Å². The van der Waals surface area contributed by atoms with Crippen LogP contribution in [0, 0.1) is 0 Å². The highest BCUT2D eigenvalue weighted by atomic mass is 32.2. The van der Waals surface area contributed by atoms with Gasteiger partial charge in [0.1, 0.15) is 0 Å². The average Bonchev–Trinajstić information content (AvgIpc) is 2.15. The minimum atomic E-state index is 0.961. The van der Waals surface area contributed by atoms with Crippen molar-refractivity contribution in [1.82, 2.24) is 5.32 Å². The lowest BCUT2D eigenvalue weighted by molar-refractivity contribution is 0.710. The van der Waals surface area contributed by atoms with E-state index in [2.05, 4.69) is 29.4 Å². The van der Waals surface area contributed by atoms with E-state index in [4.69, 9.17) is 0 Å². The van der Waals surface area contributed by atoms with E-state index in [0.717, 1.165) is 19.5 Å². The number of aliphatic imine (C=N–C) groups is 1. The summed E-state index contributed by atoms with van der Waals surface area (Å²) >= 11 is 1.72. The van der Waals surface area contributed by atoms with Crippen LogP contribution in [0.5, 0.6) is 0 Å². The van der Waals surface area contributed by atoms with Gasteiger partial charge in [-0.1, -0.05) is 6.08 Å². The number of hydrogen-bond acceptors (Lipinski definition) is 3. The van der Waals surface area contributed by atoms with Crippen LogP contribution < -0.4 is 5.32 Å². The summed E-state index contributed by atoms with van der Waals surface area (Å²) in [4.78, 5) is 5.00. The largest absolute Gasteiger partial charge is 0.312 e. The molecule has 0 unspecified atom stereocenters. The predicted molar refractivity (Wildman–Crippen MR) is 56.7 cm³/mol. The molecule has 66 valence electrons. The summed E-state index contributed by atoms with van der Waals surface area (Å²) in [6.07, 6.45) is 7.27. The van der Waals surface area contributed by atoms with Crippen molar-refractivity contribution in [3.05, 3.63) is 22.8 Å². The Morgan fingerprint density at radius 1 is 1.83 bits per heavy atom. The van der Waals surface area contributed by atoms with E-state index in [1.54, 1.807) is 11.8 Å². The topological polar surface area (TPSA) is 24.4 Å². The number of thioether (sulfide) groups is 1. The van der Waals surface area contributed by atoms with Gasteiger partial charge in [0, 0.05) is 17.6 Å². The van der Waals surface area contributed by atoms with Gasteiger partial charge < -0.3 is 5.32 Å². The molecule has 0 aliphatic carbocycles. The first-order valence-corrected chi connectivity index (χ1v) is 5.21. The summed E-state index contributed by atoms with van der Waals surface area (Å²) in [5.41, 5.74) is 1.35. The van der Waals surface area contributed by atoms with Crippen LogP contribution in [0.4, 0.5) is 0 Å². The molecule has 2 nitrogen and oxygen atoms in total. The number of rotatable bonds is 3. The molecule has 1 N–H and O–H groups in total. The van der Waals surface area contributed by atoms with Gasteiger partial charge in [-0.2, -0.15) is 0 Å². The zero-order chi connectivity index (χ0) is 8.81. The molecule has 0 aromatic rings. The van der Waals surface area contributed by atoms with Gasteiger partial charge >= 0.3 is 0 Å². The first-order chi connectivity index (χ1) is 5.88. The summed E-state index contributed by atoms with van der Waals surface area (Å²) in [6, 6.07) is 0. The van der Waals surface area contributed by atoms with E-state index < -0.39 is 0 Å². The normalized spacial score (nSPS) is 18.8. The van der Waals surface area contributed by atoms with E-state index in [9.17, 15) is 0 Å². The Hall–Kier alpha value is -0.540. The Morgan fingerprint density at radius 2 is 2.67 bits per heavy atom. The Balaban J connectivity index is 2.70. The molecule has 0 radical (unpaired) electrons. The molecule has 0 aromatic heterocycles. The van der Waals surface area contributed by atoms with Gasteiger partial charge in [0.15, 0.2) is 0 Å². The predicted octanol–water partition coefficient (Wildman–Crippen LogP) is 1.81. The quantitative estimate of drug-likeness (QED) is 0.673. The van der Waals surface area contributed by atoms with Crippen LogP contribution in [-0.4, -0.2) is 26.1 Å². The second kappa shape index (κ2) is 5.17. The number of nitrogens with zero attached hydrogens (tertiary/aromatic N) is 1. The zero-order valence-electron chi connectivity index (χ0n) is 7.34. The molecule has 0 spiro atoms. The molecule has 0 amide bonds. The minimum Gasteiger partial charge on any atom is -0.312 e. The fourth-order valence-electron chi connectivity index (χ4n) is 1.18. The minimum absolute atomic E-state index is 0.961. The summed E-state index contributed by atoms with van der Waals surface area (Å²) < 4.78 is 0. The maximum Gasteiger partial charge on any atom is 0.0399 e.